The number of morpholine rings is 2. The molecule has 12 rings (SSSR count). The Balaban J connectivity index is 0.000000179. The van der Waals surface area contributed by atoms with Gasteiger partial charge in [-0.2, -0.15) is 16.8 Å². The molecule has 0 bridgehead atoms. The molecular weight excluding hydrogens is 1100 g/mol. The van der Waals surface area contributed by atoms with E-state index in [0.29, 0.717) is 12.5 Å². The molecule has 8 aromatic rings. The second-order valence-electron chi connectivity index (χ2n) is 17.0. The maximum atomic E-state index is 9.19. The van der Waals surface area contributed by atoms with Gasteiger partial charge >= 0.3 is 0 Å². The molecule has 4 aliphatic rings. The third-order valence-electron chi connectivity index (χ3n) is 11.6. The first kappa shape index (κ1) is 54.9. The van der Waals surface area contributed by atoms with E-state index in [1.54, 1.807) is 12.4 Å². The molecule has 4 aromatic heterocycles. The SMILES string of the molecule is C1=NCc2cc(-c3cn4ccnc4c(Nc4ccc(N5CCOCC5)cc4)n3)ccc21.C1=NCc2cc(-c3cn4ccnc4c(Nc4ccc(N5CCOCC5)cc4)n3)ccc21.CS(=O)(=O)O.CS(=O)(=O)O.I.O. The van der Waals surface area contributed by atoms with E-state index < -0.39 is 20.2 Å². The smallest absolute Gasteiger partial charge is 0.261 e. The molecule has 2 fully saturated rings. The zero-order valence-corrected chi connectivity index (χ0v) is 44.3. The third-order valence-corrected chi connectivity index (χ3v) is 11.6. The average molecular weight is 1160 g/mol. The number of hydrogen-bond acceptors (Lipinski definition) is 16. The molecule has 8 heterocycles. The van der Waals surface area contributed by atoms with Crippen molar-refractivity contribution in [3.05, 3.63) is 144 Å². The first-order chi connectivity index (χ1) is 34.7. The molecule has 6 N–H and O–H groups in total. The van der Waals surface area contributed by atoms with Crippen LogP contribution in [0, 0.1) is 0 Å². The molecule has 0 atom stereocenters. The normalized spacial score (nSPS) is 14.5. The highest BCUT2D eigenvalue weighted by Crippen LogP contribution is 2.30. The molecule has 2 saturated heterocycles. The van der Waals surface area contributed by atoms with Gasteiger partial charge in [0.25, 0.3) is 20.2 Å². The average Bonchev–Trinajstić information content (AvgIpc) is 4.22. The number of nitrogens with zero attached hydrogens (tertiary/aromatic N) is 10. The van der Waals surface area contributed by atoms with Crippen LogP contribution in [0.4, 0.5) is 34.4 Å². The molecule has 4 aromatic carbocycles. The first-order valence-corrected chi connectivity index (χ1v) is 26.5. The Bertz CT molecular complexity index is 3240. The van der Waals surface area contributed by atoms with E-state index in [1.165, 1.54) is 33.6 Å². The standard InChI is InChI=1S/2C24H22N6O.2CH4O3S.HI.H2O/c2*1-2-18-14-25-15-19(18)13-17(1)22-16-30-8-7-26-24(30)23(28-22)27-20-3-5-21(6-4-20)29-9-11-31-12-10-29;2*1-5(2,3)4;;/h2*1-8,13-14,16H,9-12,15H2,(H,27,28);2*1H3,(H,2,3,4);1H;1H2. The van der Waals surface area contributed by atoms with Gasteiger partial charge in [-0.25, -0.2) is 19.9 Å². The first-order valence-electron chi connectivity index (χ1n) is 22.8. The molecular formula is C50H55IN12O9S2. The van der Waals surface area contributed by atoms with E-state index in [2.05, 4.69) is 125 Å². The summed E-state index contributed by atoms with van der Waals surface area (Å²) < 4.78 is 66.7. The molecule has 0 radical (unpaired) electrons. The van der Waals surface area contributed by atoms with Gasteiger partial charge in [0.05, 0.1) is 63.4 Å². The predicted molar refractivity (Wildman–Crippen MR) is 299 cm³/mol. The molecule has 0 spiro atoms. The molecule has 388 valence electrons. The Kier molecular flexibility index (Phi) is 18.1. The van der Waals surface area contributed by atoms with E-state index in [0.717, 1.165) is 123 Å². The van der Waals surface area contributed by atoms with Gasteiger partial charge in [0.2, 0.25) is 0 Å². The number of aromatic nitrogens is 6. The minimum atomic E-state index is -3.67. The van der Waals surface area contributed by atoms with Crippen molar-refractivity contribution in [2.75, 3.05) is 85.6 Å². The molecule has 0 aliphatic carbocycles. The number of imidazole rings is 2. The van der Waals surface area contributed by atoms with Crippen LogP contribution < -0.4 is 20.4 Å². The van der Waals surface area contributed by atoms with Crippen LogP contribution in [0.25, 0.3) is 33.8 Å². The summed E-state index contributed by atoms with van der Waals surface area (Å²) in [6.07, 6.45) is 16.8. The largest absolute Gasteiger partial charge is 0.412 e. The third kappa shape index (κ3) is 14.7. The molecule has 4 aliphatic heterocycles. The van der Waals surface area contributed by atoms with Crippen molar-refractivity contribution in [2.45, 2.75) is 13.1 Å². The quantitative estimate of drug-likeness (QED) is 0.0919. The van der Waals surface area contributed by atoms with Crippen LogP contribution in [0.3, 0.4) is 0 Å². The van der Waals surface area contributed by atoms with Crippen LogP contribution in [0.5, 0.6) is 0 Å². The number of halogens is 1. The van der Waals surface area contributed by atoms with Crippen LogP contribution in [-0.2, 0) is 42.8 Å². The van der Waals surface area contributed by atoms with Crippen LogP contribution in [0.15, 0.2) is 132 Å². The summed E-state index contributed by atoms with van der Waals surface area (Å²) in [6, 6.07) is 29.7. The topological polar surface area (TPSA) is 274 Å². The molecule has 0 unspecified atom stereocenters. The lowest BCUT2D eigenvalue weighted by atomic mass is 10.0. The van der Waals surface area contributed by atoms with Crippen LogP contribution in [-0.4, -0.2) is 138 Å². The number of hydrogen-bond donors (Lipinski definition) is 4. The summed E-state index contributed by atoms with van der Waals surface area (Å²) >= 11 is 0. The Morgan fingerprint density at radius 2 is 0.919 bits per heavy atom. The number of anilines is 6. The van der Waals surface area contributed by atoms with Crippen molar-refractivity contribution in [3.63, 3.8) is 0 Å². The summed E-state index contributed by atoms with van der Waals surface area (Å²) in [4.78, 5) is 32.2. The van der Waals surface area contributed by atoms with Crippen molar-refractivity contribution in [2.24, 2.45) is 9.98 Å². The van der Waals surface area contributed by atoms with Crippen molar-refractivity contribution in [1.82, 2.24) is 28.7 Å². The number of ether oxygens (including phenoxy) is 2. The van der Waals surface area contributed by atoms with E-state index in [-0.39, 0.29) is 29.5 Å². The monoisotopic (exact) mass is 1160 g/mol. The minimum absolute atomic E-state index is 0. The Labute approximate surface area is 444 Å². The van der Waals surface area contributed by atoms with Crippen LogP contribution in [0.1, 0.15) is 22.3 Å². The van der Waals surface area contributed by atoms with E-state index in [4.69, 9.17) is 28.5 Å². The Hall–Kier alpha value is -6.91. The summed E-state index contributed by atoms with van der Waals surface area (Å²) in [5.74, 6) is 1.47. The number of rotatable bonds is 8. The predicted octanol–water partition coefficient (Wildman–Crippen LogP) is 6.62. The second-order valence-corrected chi connectivity index (χ2v) is 20.0. The zero-order chi connectivity index (χ0) is 50.2. The van der Waals surface area contributed by atoms with Crippen molar-refractivity contribution < 1.29 is 40.9 Å². The fourth-order valence-electron chi connectivity index (χ4n) is 8.28. The lowest BCUT2D eigenvalue weighted by Gasteiger charge is -2.28. The molecule has 21 nitrogen and oxygen atoms in total. The lowest BCUT2D eigenvalue weighted by molar-refractivity contribution is 0.122. The number of nitrogens with one attached hydrogen (secondary N) is 2. The van der Waals surface area contributed by atoms with Gasteiger partial charge in [-0.1, -0.05) is 24.3 Å². The van der Waals surface area contributed by atoms with Gasteiger partial charge in [-0.3, -0.25) is 19.1 Å². The van der Waals surface area contributed by atoms with E-state index >= 15 is 0 Å². The summed E-state index contributed by atoms with van der Waals surface area (Å²) in [5, 5.41) is 6.93. The van der Waals surface area contributed by atoms with E-state index in [9.17, 15) is 16.8 Å². The molecule has 24 heteroatoms. The Morgan fingerprint density at radius 1 is 0.554 bits per heavy atom. The van der Waals surface area contributed by atoms with Crippen molar-refractivity contribution >= 4 is 102 Å². The number of benzene rings is 4. The van der Waals surface area contributed by atoms with Gasteiger partial charge in [-0.15, -0.1) is 24.0 Å². The highest BCUT2D eigenvalue weighted by atomic mass is 127. The fraction of sp³-hybridized carbons (Fsp3) is 0.240. The Morgan fingerprint density at radius 3 is 1.28 bits per heavy atom. The highest BCUT2D eigenvalue weighted by molar-refractivity contribution is 14.0. The molecule has 74 heavy (non-hydrogen) atoms. The van der Waals surface area contributed by atoms with Gasteiger partial charge < -0.3 is 44.2 Å². The van der Waals surface area contributed by atoms with Crippen molar-refractivity contribution in [3.8, 4) is 22.5 Å². The molecule has 0 amide bonds. The fourth-order valence-corrected chi connectivity index (χ4v) is 8.28. The second kappa shape index (κ2) is 24.4. The minimum Gasteiger partial charge on any atom is -0.412 e. The van der Waals surface area contributed by atoms with Crippen molar-refractivity contribution in [1.29, 1.82) is 0 Å². The van der Waals surface area contributed by atoms with Gasteiger partial charge in [0.15, 0.2) is 22.9 Å². The van der Waals surface area contributed by atoms with Crippen LogP contribution >= 0.6 is 24.0 Å². The van der Waals surface area contributed by atoms with Gasteiger partial charge in [0.1, 0.15) is 0 Å². The summed E-state index contributed by atoms with van der Waals surface area (Å²) in [5.41, 5.74) is 14.8. The maximum Gasteiger partial charge on any atom is 0.261 e. The summed E-state index contributed by atoms with van der Waals surface area (Å²) in [6.45, 7) is 8.30. The molecule has 0 saturated carbocycles. The van der Waals surface area contributed by atoms with Crippen LogP contribution in [0.2, 0.25) is 0 Å². The van der Waals surface area contributed by atoms with E-state index in [1.807, 2.05) is 46.0 Å². The maximum absolute atomic E-state index is 9.19. The lowest BCUT2D eigenvalue weighted by Crippen LogP contribution is -2.36. The van der Waals surface area contributed by atoms with Gasteiger partial charge in [-0.05, 0) is 82.9 Å². The highest BCUT2D eigenvalue weighted by Gasteiger charge is 2.17. The summed E-state index contributed by atoms with van der Waals surface area (Å²) in [7, 11) is -7.33. The van der Waals surface area contributed by atoms with Gasteiger partial charge in [0, 0.05) is 110 Å². The number of aliphatic imine (C=N–C) groups is 2. The number of fused-ring (bicyclic) bond motifs is 4. The zero-order valence-electron chi connectivity index (χ0n) is 40.3.